The molecule has 0 spiro atoms. The van der Waals surface area contributed by atoms with E-state index >= 15 is 0 Å². The van der Waals surface area contributed by atoms with E-state index in [9.17, 15) is 8.78 Å². The average molecular weight is 272 g/mol. The van der Waals surface area contributed by atoms with Crippen molar-refractivity contribution in [2.45, 2.75) is 19.9 Å². The largest absolute Gasteiger partial charge is 0.356 e. The van der Waals surface area contributed by atoms with Gasteiger partial charge in [-0.05, 0) is 26.0 Å². The summed E-state index contributed by atoms with van der Waals surface area (Å²) in [6.45, 7) is 3.30. The van der Waals surface area contributed by atoms with Crippen molar-refractivity contribution in [1.29, 1.82) is 5.26 Å². The summed E-state index contributed by atoms with van der Waals surface area (Å²) in [6.07, 6.45) is 1.65. The highest BCUT2D eigenvalue weighted by molar-refractivity contribution is 6.30. The predicted octanol–water partition coefficient (Wildman–Crippen LogP) is 3.51. The number of halogens is 3. The van der Waals surface area contributed by atoms with E-state index in [4.69, 9.17) is 16.9 Å². The Morgan fingerprint density at radius 2 is 2.06 bits per heavy atom. The molecule has 0 radical (unpaired) electrons. The van der Waals surface area contributed by atoms with Gasteiger partial charge in [-0.25, -0.2) is 8.78 Å². The molecule has 0 bridgehead atoms. The van der Waals surface area contributed by atoms with Gasteiger partial charge in [-0.2, -0.15) is 10.3 Å². The highest BCUT2D eigenvalue weighted by Crippen LogP contribution is 2.26. The molecule has 0 heterocycles. The number of amidine groups is 1. The summed E-state index contributed by atoms with van der Waals surface area (Å²) in [5.41, 5.74) is 0.159. The van der Waals surface area contributed by atoms with Crippen LogP contribution in [0.2, 0.25) is 5.02 Å². The maximum atomic E-state index is 13.7. The first-order valence-electron chi connectivity index (χ1n) is 5.19. The van der Waals surface area contributed by atoms with E-state index in [0.29, 0.717) is 5.84 Å². The molecule has 1 unspecified atom stereocenters. The Balaban J connectivity index is 3.12. The van der Waals surface area contributed by atoms with Gasteiger partial charge >= 0.3 is 0 Å². The Labute approximate surface area is 109 Å². The van der Waals surface area contributed by atoms with Gasteiger partial charge < -0.3 is 4.90 Å². The zero-order valence-electron chi connectivity index (χ0n) is 10.2. The molecule has 18 heavy (non-hydrogen) atoms. The third kappa shape index (κ3) is 2.96. The molecule has 1 rings (SSSR count). The van der Waals surface area contributed by atoms with Crippen molar-refractivity contribution in [3.63, 3.8) is 0 Å². The summed E-state index contributed by atoms with van der Waals surface area (Å²) in [6, 6.07) is 1.53. The molecule has 0 aliphatic rings. The van der Waals surface area contributed by atoms with Crippen LogP contribution in [-0.2, 0) is 0 Å². The summed E-state index contributed by atoms with van der Waals surface area (Å²) < 4.78 is 27.0. The topological polar surface area (TPSA) is 39.4 Å². The molecule has 0 N–H and O–H groups in total. The van der Waals surface area contributed by atoms with Gasteiger partial charge in [0.25, 0.3) is 0 Å². The number of nitriles is 1. The van der Waals surface area contributed by atoms with Gasteiger partial charge in [0.05, 0.1) is 11.1 Å². The molecule has 3 nitrogen and oxygen atoms in total. The number of hydrogen-bond acceptors (Lipinski definition) is 2. The molecule has 0 aromatic heterocycles. The smallest absolute Gasteiger partial charge is 0.207 e. The van der Waals surface area contributed by atoms with Crippen LogP contribution >= 0.6 is 11.6 Å². The van der Waals surface area contributed by atoms with Crippen LogP contribution in [-0.4, -0.2) is 17.8 Å². The molecule has 0 aliphatic heterocycles. The minimum atomic E-state index is -0.678. The van der Waals surface area contributed by atoms with Crippen LogP contribution in [0.5, 0.6) is 0 Å². The van der Waals surface area contributed by atoms with Crippen molar-refractivity contribution >= 4 is 17.4 Å². The Hall–Kier alpha value is -1.67. The SMILES string of the molecule is CC(=NC#N)N(C)C(C)c1cc(F)c(Cl)cc1F. The van der Waals surface area contributed by atoms with E-state index in [0.717, 1.165) is 12.1 Å². The molecular weight excluding hydrogens is 260 g/mol. The lowest BCUT2D eigenvalue weighted by Gasteiger charge is -2.26. The molecule has 1 aromatic rings. The average Bonchev–Trinajstić information content (AvgIpc) is 2.32. The summed E-state index contributed by atoms with van der Waals surface area (Å²) in [5.74, 6) is -0.853. The van der Waals surface area contributed by atoms with Gasteiger partial charge in [0.2, 0.25) is 6.19 Å². The lowest BCUT2D eigenvalue weighted by molar-refractivity contribution is 0.385. The molecule has 0 aliphatic carbocycles. The number of rotatable bonds is 2. The fraction of sp³-hybridized carbons (Fsp3) is 0.333. The van der Waals surface area contributed by atoms with Crippen LogP contribution in [0.3, 0.4) is 0 Å². The molecule has 0 amide bonds. The van der Waals surface area contributed by atoms with Gasteiger partial charge in [-0.3, -0.25) is 0 Å². The van der Waals surface area contributed by atoms with Crippen molar-refractivity contribution in [2.24, 2.45) is 4.99 Å². The summed E-state index contributed by atoms with van der Waals surface area (Å²) in [5, 5.41) is 8.20. The normalized spacial score (nSPS) is 13.1. The van der Waals surface area contributed by atoms with Crippen molar-refractivity contribution in [3.8, 4) is 6.19 Å². The lowest BCUT2D eigenvalue weighted by atomic mass is 10.1. The lowest BCUT2D eigenvalue weighted by Crippen LogP contribution is -2.28. The predicted molar refractivity (Wildman–Crippen MR) is 66.3 cm³/mol. The van der Waals surface area contributed by atoms with Gasteiger partial charge in [-0.15, -0.1) is 0 Å². The minimum absolute atomic E-state index is 0.159. The summed E-state index contributed by atoms with van der Waals surface area (Å²) in [4.78, 5) is 5.12. The first kappa shape index (κ1) is 14.4. The van der Waals surface area contributed by atoms with Crippen LogP contribution < -0.4 is 0 Å². The monoisotopic (exact) mass is 271 g/mol. The number of aliphatic imine (C=N–C) groups is 1. The fourth-order valence-corrected chi connectivity index (χ4v) is 1.65. The summed E-state index contributed by atoms with van der Waals surface area (Å²) >= 11 is 5.49. The van der Waals surface area contributed by atoms with E-state index in [1.807, 2.05) is 0 Å². The second-order valence-electron chi connectivity index (χ2n) is 3.83. The fourth-order valence-electron chi connectivity index (χ4n) is 1.50. The second-order valence-corrected chi connectivity index (χ2v) is 4.24. The second kappa shape index (κ2) is 5.78. The van der Waals surface area contributed by atoms with Crippen molar-refractivity contribution in [1.82, 2.24) is 4.90 Å². The van der Waals surface area contributed by atoms with Gasteiger partial charge in [0.15, 0.2) is 0 Å². The maximum Gasteiger partial charge on any atom is 0.207 e. The van der Waals surface area contributed by atoms with Crippen LogP contribution in [0.25, 0.3) is 0 Å². The van der Waals surface area contributed by atoms with Crippen LogP contribution in [0.1, 0.15) is 25.5 Å². The third-order valence-electron chi connectivity index (χ3n) is 2.79. The van der Waals surface area contributed by atoms with Crippen LogP contribution in [0, 0.1) is 23.1 Å². The van der Waals surface area contributed by atoms with E-state index in [1.165, 1.54) is 0 Å². The Bertz CT molecular complexity index is 523. The quantitative estimate of drug-likeness (QED) is 0.357. The number of benzene rings is 1. The third-order valence-corrected chi connectivity index (χ3v) is 3.08. The Morgan fingerprint density at radius 1 is 1.44 bits per heavy atom. The molecule has 0 fully saturated rings. The minimum Gasteiger partial charge on any atom is -0.356 e. The molecular formula is C12H12ClF2N3. The highest BCUT2D eigenvalue weighted by atomic mass is 35.5. The van der Waals surface area contributed by atoms with E-state index < -0.39 is 17.7 Å². The standard InChI is InChI=1S/C12H12ClF2N3/c1-7(18(3)8(2)17-6-16)9-4-12(15)10(13)5-11(9)14/h4-5,7H,1-3H3. The molecule has 0 saturated carbocycles. The Morgan fingerprint density at radius 3 is 2.61 bits per heavy atom. The van der Waals surface area contributed by atoms with Crippen molar-refractivity contribution in [3.05, 3.63) is 34.4 Å². The zero-order chi connectivity index (χ0) is 13.9. The number of nitrogens with zero attached hydrogens (tertiary/aromatic N) is 3. The van der Waals surface area contributed by atoms with Crippen LogP contribution in [0.4, 0.5) is 8.78 Å². The van der Waals surface area contributed by atoms with E-state index in [-0.39, 0.29) is 10.6 Å². The number of hydrogen-bond donors (Lipinski definition) is 0. The highest BCUT2D eigenvalue weighted by Gasteiger charge is 2.19. The molecule has 0 saturated heterocycles. The van der Waals surface area contributed by atoms with E-state index in [2.05, 4.69) is 4.99 Å². The van der Waals surface area contributed by atoms with Crippen molar-refractivity contribution in [2.75, 3.05) is 7.05 Å². The first-order chi connectivity index (χ1) is 8.38. The summed E-state index contributed by atoms with van der Waals surface area (Å²) in [7, 11) is 1.65. The molecule has 1 atom stereocenters. The van der Waals surface area contributed by atoms with Gasteiger partial charge in [0, 0.05) is 12.6 Å². The molecule has 96 valence electrons. The maximum absolute atomic E-state index is 13.7. The Kier molecular flexibility index (Phi) is 4.62. The molecule has 1 aromatic carbocycles. The first-order valence-corrected chi connectivity index (χ1v) is 5.57. The van der Waals surface area contributed by atoms with Crippen molar-refractivity contribution < 1.29 is 8.78 Å². The van der Waals surface area contributed by atoms with Gasteiger partial charge in [0.1, 0.15) is 17.5 Å². The van der Waals surface area contributed by atoms with E-state index in [1.54, 1.807) is 32.0 Å². The zero-order valence-corrected chi connectivity index (χ0v) is 11.0. The van der Waals surface area contributed by atoms with Crippen LogP contribution in [0.15, 0.2) is 17.1 Å². The molecule has 6 heteroatoms. The van der Waals surface area contributed by atoms with Gasteiger partial charge in [-0.1, -0.05) is 11.6 Å².